The molecule has 1 aromatic rings. The van der Waals surface area contributed by atoms with Crippen LogP contribution in [0.15, 0.2) is 17.5 Å². The van der Waals surface area contributed by atoms with Crippen LogP contribution in [0.4, 0.5) is 0 Å². The van der Waals surface area contributed by atoms with Gasteiger partial charge in [-0.05, 0) is 18.4 Å². The third-order valence-corrected chi connectivity index (χ3v) is 4.16. The molecule has 0 spiro atoms. The van der Waals surface area contributed by atoms with E-state index >= 15 is 0 Å². The van der Waals surface area contributed by atoms with Gasteiger partial charge < -0.3 is 5.32 Å². The molecule has 0 aliphatic heterocycles. The summed E-state index contributed by atoms with van der Waals surface area (Å²) in [5, 5.41) is 5.19. The first-order valence-corrected chi connectivity index (χ1v) is 7.37. The zero-order valence-electron chi connectivity index (χ0n) is 8.69. The first-order chi connectivity index (χ1) is 7.14. The molecule has 0 saturated carbocycles. The van der Waals surface area contributed by atoms with Crippen LogP contribution in [0.3, 0.4) is 0 Å². The predicted octanol–water partition coefficient (Wildman–Crippen LogP) is 0.777. The lowest BCUT2D eigenvalue weighted by Crippen LogP contribution is -2.32. The van der Waals surface area contributed by atoms with Crippen molar-refractivity contribution >= 4 is 21.4 Å². The molecule has 0 unspecified atom stereocenters. The minimum Gasteiger partial charge on any atom is -0.311 e. The van der Waals surface area contributed by atoms with Crippen LogP contribution in [0, 0.1) is 0 Å². The molecule has 0 amide bonds. The van der Waals surface area contributed by atoms with E-state index in [-0.39, 0.29) is 5.75 Å². The first-order valence-electron chi connectivity index (χ1n) is 4.84. The van der Waals surface area contributed by atoms with Crippen molar-refractivity contribution in [3.63, 3.8) is 0 Å². The van der Waals surface area contributed by atoms with Gasteiger partial charge in [0.15, 0.2) is 0 Å². The van der Waals surface area contributed by atoms with Gasteiger partial charge in [0.25, 0.3) is 0 Å². The van der Waals surface area contributed by atoms with Crippen LogP contribution in [0.1, 0.15) is 11.8 Å². The Morgan fingerprint density at radius 2 is 2.20 bits per heavy atom. The molecular weight excluding hydrogens is 232 g/mol. The van der Waals surface area contributed by atoms with Crippen LogP contribution < -0.4 is 10.0 Å². The molecule has 0 radical (unpaired) electrons. The summed E-state index contributed by atoms with van der Waals surface area (Å²) in [6.07, 6.45) is 0. The maximum absolute atomic E-state index is 11.1. The van der Waals surface area contributed by atoms with Gasteiger partial charge >= 0.3 is 0 Å². The fraction of sp³-hybridized carbons (Fsp3) is 0.556. The highest BCUT2D eigenvalue weighted by Crippen LogP contribution is 2.06. The summed E-state index contributed by atoms with van der Waals surface area (Å²) >= 11 is 1.69. The second kappa shape index (κ2) is 6.22. The van der Waals surface area contributed by atoms with Crippen molar-refractivity contribution in [1.29, 1.82) is 0 Å². The summed E-state index contributed by atoms with van der Waals surface area (Å²) in [5.41, 5.74) is 0. The number of hydrogen-bond acceptors (Lipinski definition) is 4. The normalized spacial score (nSPS) is 11.8. The second-order valence-corrected chi connectivity index (χ2v) is 6.18. The molecule has 0 atom stereocenters. The molecule has 1 aromatic heterocycles. The molecule has 86 valence electrons. The van der Waals surface area contributed by atoms with E-state index in [4.69, 9.17) is 0 Å². The number of sulfonamides is 1. The van der Waals surface area contributed by atoms with Crippen LogP contribution in [0.5, 0.6) is 0 Å². The van der Waals surface area contributed by atoms with Crippen molar-refractivity contribution in [3.05, 3.63) is 22.4 Å². The minimum atomic E-state index is -3.04. The van der Waals surface area contributed by atoms with Crippen molar-refractivity contribution in [2.45, 2.75) is 13.5 Å². The average molecular weight is 248 g/mol. The highest BCUT2D eigenvalue weighted by molar-refractivity contribution is 7.89. The fourth-order valence-electron chi connectivity index (χ4n) is 1.02. The van der Waals surface area contributed by atoms with Gasteiger partial charge in [0.2, 0.25) is 10.0 Å². The van der Waals surface area contributed by atoms with Crippen molar-refractivity contribution in [2.75, 3.05) is 18.8 Å². The molecule has 1 heterocycles. The van der Waals surface area contributed by atoms with Crippen LogP contribution >= 0.6 is 11.3 Å². The van der Waals surface area contributed by atoms with Gasteiger partial charge in [-0.3, -0.25) is 0 Å². The minimum absolute atomic E-state index is 0.137. The predicted molar refractivity (Wildman–Crippen MR) is 63.5 cm³/mol. The van der Waals surface area contributed by atoms with Crippen LogP contribution in [-0.2, 0) is 16.6 Å². The first kappa shape index (κ1) is 12.6. The molecule has 6 heteroatoms. The van der Waals surface area contributed by atoms with Crippen LogP contribution in [-0.4, -0.2) is 27.3 Å². The number of hydrogen-bond donors (Lipinski definition) is 2. The van der Waals surface area contributed by atoms with Gasteiger partial charge in [0.05, 0.1) is 5.75 Å². The van der Waals surface area contributed by atoms with Gasteiger partial charge in [0, 0.05) is 24.5 Å². The van der Waals surface area contributed by atoms with E-state index in [1.54, 1.807) is 18.3 Å². The Morgan fingerprint density at radius 3 is 2.80 bits per heavy atom. The van der Waals surface area contributed by atoms with E-state index in [9.17, 15) is 8.42 Å². The number of thiophene rings is 1. The number of nitrogens with one attached hydrogen (secondary N) is 2. The van der Waals surface area contributed by atoms with Crippen molar-refractivity contribution in [2.24, 2.45) is 0 Å². The summed E-state index contributed by atoms with van der Waals surface area (Å²) < 4.78 is 24.6. The molecule has 0 aromatic carbocycles. The fourth-order valence-corrected chi connectivity index (χ4v) is 2.31. The lowest BCUT2D eigenvalue weighted by molar-refractivity contribution is 0.577. The Morgan fingerprint density at radius 1 is 1.40 bits per heavy atom. The Balaban J connectivity index is 2.08. The largest absolute Gasteiger partial charge is 0.311 e. The summed E-state index contributed by atoms with van der Waals surface area (Å²) in [6.45, 7) is 3.52. The monoisotopic (exact) mass is 248 g/mol. The topological polar surface area (TPSA) is 58.2 Å². The van der Waals surface area contributed by atoms with E-state index in [0.717, 1.165) is 6.54 Å². The summed E-state index contributed by atoms with van der Waals surface area (Å²) in [5.74, 6) is 0.137. The van der Waals surface area contributed by atoms with Crippen LogP contribution in [0.25, 0.3) is 0 Å². The summed E-state index contributed by atoms with van der Waals surface area (Å²) in [7, 11) is -3.04. The van der Waals surface area contributed by atoms with Gasteiger partial charge in [-0.1, -0.05) is 6.07 Å². The zero-order chi connectivity index (χ0) is 11.1. The third kappa shape index (κ3) is 5.27. The maximum atomic E-state index is 11.1. The maximum Gasteiger partial charge on any atom is 0.211 e. The lowest BCUT2D eigenvalue weighted by Gasteiger charge is -2.05. The van der Waals surface area contributed by atoms with E-state index in [1.165, 1.54) is 4.88 Å². The molecule has 0 fully saturated rings. The van der Waals surface area contributed by atoms with E-state index in [2.05, 4.69) is 10.0 Å². The molecule has 15 heavy (non-hydrogen) atoms. The number of rotatable bonds is 7. The molecule has 4 nitrogen and oxygen atoms in total. The second-order valence-electron chi connectivity index (χ2n) is 3.05. The Labute approximate surface area is 94.8 Å². The highest BCUT2D eigenvalue weighted by atomic mass is 32.2. The molecule has 0 saturated heterocycles. The van der Waals surface area contributed by atoms with Gasteiger partial charge in [-0.2, -0.15) is 0 Å². The van der Waals surface area contributed by atoms with E-state index < -0.39 is 10.0 Å². The van der Waals surface area contributed by atoms with Crippen molar-refractivity contribution in [1.82, 2.24) is 10.0 Å². The molecule has 1 rings (SSSR count). The van der Waals surface area contributed by atoms with Crippen molar-refractivity contribution in [3.8, 4) is 0 Å². The van der Waals surface area contributed by atoms with Gasteiger partial charge in [0.1, 0.15) is 0 Å². The van der Waals surface area contributed by atoms with E-state index in [0.29, 0.717) is 13.1 Å². The van der Waals surface area contributed by atoms with E-state index in [1.807, 2.05) is 17.5 Å². The Bertz CT molecular complexity index is 359. The van der Waals surface area contributed by atoms with Gasteiger partial charge in [-0.25, -0.2) is 13.1 Å². The SMILES string of the molecule is CCS(=O)(=O)NCCNCc1cccs1. The molecular formula is C9H16N2O2S2. The molecule has 2 N–H and O–H groups in total. The molecule has 0 aliphatic carbocycles. The quantitative estimate of drug-likeness (QED) is 0.701. The molecule has 0 aliphatic rings. The summed E-state index contributed by atoms with van der Waals surface area (Å²) in [4.78, 5) is 1.26. The average Bonchev–Trinajstić information content (AvgIpc) is 2.70. The van der Waals surface area contributed by atoms with Gasteiger partial charge in [-0.15, -0.1) is 11.3 Å². The third-order valence-electron chi connectivity index (χ3n) is 1.88. The summed E-state index contributed by atoms with van der Waals surface area (Å²) in [6, 6.07) is 4.05. The lowest BCUT2D eigenvalue weighted by atomic mass is 10.4. The highest BCUT2D eigenvalue weighted by Gasteiger charge is 2.03. The Kier molecular flexibility index (Phi) is 5.24. The smallest absolute Gasteiger partial charge is 0.211 e. The van der Waals surface area contributed by atoms with Crippen molar-refractivity contribution < 1.29 is 8.42 Å². The van der Waals surface area contributed by atoms with Crippen LogP contribution in [0.2, 0.25) is 0 Å². The molecule has 0 bridgehead atoms. The zero-order valence-corrected chi connectivity index (χ0v) is 10.3. The Hall–Kier alpha value is -0.430. The standard InChI is InChI=1S/C9H16N2O2S2/c1-2-15(12,13)11-6-5-10-8-9-4-3-7-14-9/h3-4,7,10-11H,2,5-6,8H2,1H3.